The molecule has 0 aromatic heterocycles. The summed E-state index contributed by atoms with van der Waals surface area (Å²) in [5, 5.41) is 0. The van der Waals surface area contributed by atoms with Gasteiger partial charge in [0, 0.05) is 30.4 Å². The maximum absolute atomic E-state index is 13.1. The molecule has 6 nitrogen and oxygen atoms in total. The normalized spacial score (nSPS) is 20.1. The van der Waals surface area contributed by atoms with Crippen LogP contribution in [0.15, 0.2) is 59.5 Å². The Morgan fingerprint density at radius 1 is 0.966 bits per heavy atom. The van der Waals surface area contributed by atoms with Crippen molar-refractivity contribution in [3.8, 4) is 0 Å². The van der Waals surface area contributed by atoms with Crippen LogP contribution in [0.3, 0.4) is 0 Å². The van der Waals surface area contributed by atoms with Gasteiger partial charge in [-0.15, -0.1) is 0 Å². The van der Waals surface area contributed by atoms with Gasteiger partial charge in [-0.1, -0.05) is 24.3 Å². The third-order valence-corrected chi connectivity index (χ3v) is 7.12. The van der Waals surface area contributed by atoms with E-state index in [4.69, 9.17) is 0 Å². The van der Waals surface area contributed by atoms with Gasteiger partial charge in [-0.3, -0.25) is 9.52 Å². The Morgan fingerprint density at radius 3 is 2.48 bits per heavy atom. The van der Waals surface area contributed by atoms with E-state index in [0.29, 0.717) is 11.3 Å². The van der Waals surface area contributed by atoms with Crippen molar-refractivity contribution < 1.29 is 13.2 Å². The van der Waals surface area contributed by atoms with Crippen LogP contribution in [0.2, 0.25) is 0 Å². The smallest absolute Gasteiger partial charge is 0.261 e. The SMILES string of the molecule is O=C(c1cccc(NS(=O)(=O)c2ccccc2)c1)N1CCCC1CN1CCCC1. The minimum absolute atomic E-state index is 0.0209. The Balaban J connectivity index is 1.48. The zero-order chi connectivity index (χ0) is 20.3. The largest absolute Gasteiger partial charge is 0.334 e. The molecule has 154 valence electrons. The standard InChI is InChI=1S/C22H27N3O3S/c26-22(25-15-7-10-20(25)17-24-13-4-5-14-24)18-8-6-9-19(16-18)23-29(27,28)21-11-2-1-3-12-21/h1-3,6,8-9,11-12,16,20,23H,4-5,7,10,13-15,17H2. The van der Waals surface area contributed by atoms with E-state index < -0.39 is 10.0 Å². The molecule has 0 bridgehead atoms. The summed E-state index contributed by atoms with van der Waals surface area (Å²) in [7, 11) is -3.68. The molecule has 29 heavy (non-hydrogen) atoms. The predicted octanol–water partition coefficient (Wildman–Crippen LogP) is 3.19. The van der Waals surface area contributed by atoms with E-state index in [9.17, 15) is 13.2 Å². The number of carbonyl (C=O) groups is 1. The van der Waals surface area contributed by atoms with Gasteiger partial charge in [-0.05, 0) is 69.1 Å². The zero-order valence-corrected chi connectivity index (χ0v) is 17.3. The number of rotatable bonds is 6. The third kappa shape index (κ3) is 4.62. The molecule has 1 amide bonds. The average Bonchev–Trinajstić information content (AvgIpc) is 3.40. The lowest BCUT2D eigenvalue weighted by atomic mass is 10.1. The van der Waals surface area contributed by atoms with Crippen molar-refractivity contribution in [1.82, 2.24) is 9.80 Å². The lowest BCUT2D eigenvalue weighted by molar-refractivity contribution is 0.0709. The summed E-state index contributed by atoms with van der Waals surface area (Å²) in [5.41, 5.74) is 0.918. The highest BCUT2D eigenvalue weighted by Gasteiger charge is 2.31. The van der Waals surface area contributed by atoms with E-state index in [1.165, 1.54) is 12.8 Å². The molecule has 2 heterocycles. The predicted molar refractivity (Wildman–Crippen MR) is 113 cm³/mol. The molecule has 0 spiro atoms. The van der Waals surface area contributed by atoms with Crippen LogP contribution in [0.4, 0.5) is 5.69 Å². The first-order valence-corrected chi connectivity index (χ1v) is 11.7. The van der Waals surface area contributed by atoms with Crippen LogP contribution in [0, 0.1) is 0 Å². The van der Waals surface area contributed by atoms with Crippen molar-refractivity contribution in [3.63, 3.8) is 0 Å². The lowest BCUT2D eigenvalue weighted by Gasteiger charge is -2.28. The monoisotopic (exact) mass is 413 g/mol. The van der Waals surface area contributed by atoms with Crippen LogP contribution in [0.5, 0.6) is 0 Å². The molecule has 7 heteroatoms. The second-order valence-corrected chi connectivity index (χ2v) is 9.48. The van der Waals surface area contributed by atoms with E-state index in [2.05, 4.69) is 9.62 Å². The number of amides is 1. The molecular formula is C22H27N3O3S. The summed E-state index contributed by atoms with van der Waals surface area (Å²) < 4.78 is 27.7. The second kappa shape index (κ2) is 8.55. The number of nitrogens with one attached hydrogen (secondary N) is 1. The van der Waals surface area contributed by atoms with Gasteiger partial charge in [0.1, 0.15) is 0 Å². The number of carbonyl (C=O) groups excluding carboxylic acids is 1. The number of anilines is 1. The highest BCUT2D eigenvalue weighted by molar-refractivity contribution is 7.92. The molecule has 0 aliphatic carbocycles. The van der Waals surface area contributed by atoms with Crippen LogP contribution in [0.25, 0.3) is 0 Å². The first kappa shape index (κ1) is 19.9. The van der Waals surface area contributed by atoms with Gasteiger partial charge < -0.3 is 9.80 Å². The van der Waals surface area contributed by atoms with E-state index in [-0.39, 0.29) is 16.8 Å². The van der Waals surface area contributed by atoms with Crippen LogP contribution in [-0.4, -0.2) is 56.3 Å². The van der Waals surface area contributed by atoms with Crippen molar-refractivity contribution in [3.05, 3.63) is 60.2 Å². The van der Waals surface area contributed by atoms with Gasteiger partial charge >= 0.3 is 0 Å². The Bertz CT molecular complexity index is 956. The summed E-state index contributed by atoms with van der Waals surface area (Å²) in [6.45, 7) is 3.94. The van der Waals surface area contributed by atoms with E-state index in [1.807, 2.05) is 4.90 Å². The number of nitrogens with zero attached hydrogens (tertiary/aromatic N) is 2. The minimum atomic E-state index is -3.68. The molecule has 1 atom stereocenters. The molecule has 0 saturated carbocycles. The molecule has 2 aliphatic heterocycles. The van der Waals surface area contributed by atoms with E-state index >= 15 is 0 Å². The fourth-order valence-electron chi connectivity index (χ4n) is 4.25. The molecule has 2 aromatic rings. The molecule has 0 radical (unpaired) electrons. The summed E-state index contributed by atoms with van der Waals surface area (Å²) >= 11 is 0. The average molecular weight is 414 g/mol. The first-order valence-electron chi connectivity index (χ1n) is 10.2. The fraction of sp³-hybridized carbons (Fsp3) is 0.409. The topological polar surface area (TPSA) is 69.7 Å². The summed E-state index contributed by atoms with van der Waals surface area (Å²) in [6, 6.07) is 15.3. The Labute approximate surface area is 172 Å². The zero-order valence-electron chi connectivity index (χ0n) is 16.5. The Kier molecular flexibility index (Phi) is 5.87. The molecule has 2 saturated heterocycles. The van der Waals surface area contributed by atoms with Gasteiger partial charge in [0.05, 0.1) is 4.90 Å². The Morgan fingerprint density at radius 2 is 1.72 bits per heavy atom. The maximum atomic E-state index is 13.1. The van der Waals surface area contributed by atoms with Crippen LogP contribution in [0.1, 0.15) is 36.0 Å². The van der Waals surface area contributed by atoms with Crippen molar-refractivity contribution in [2.24, 2.45) is 0 Å². The number of likely N-dealkylation sites (tertiary alicyclic amines) is 2. The van der Waals surface area contributed by atoms with Crippen LogP contribution in [-0.2, 0) is 10.0 Å². The van der Waals surface area contributed by atoms with Crippen molar-refractivity contribution in [2.45, 2.75) is 36.6 Å². The molecule has 2 aromatic carbocycles. The van der Waals surface area contributed by atoms with Crippen molar-refractivity contribution >= 4 is 21.6 Å². The van der Waals surface area contributed by atoms with Crippen LogP contribution < -0.4 is 4.72 Å². The molecule has 2 aliphatic rings. The number of hydrogen-bond donors (Lipinski definition) is 1. The highest BCUT2D eigenvalue weighted by Crippen LogP contribution is 2.24. The maximum Gasteiger partial charge on any atom is 0.261 e. The van der Waals surface area contributed by atoms with Crippen LogP contribution >= 0.6 is 0 Å². The Hall–Kier alpha value is -2.38. The van der Waals surface area contributed by atoms with Crippen molar-refractivity contribution in [1.29, 1.82) is 0 Å². The molecule has 1 N–H and O–H groups in total. The quantitative estimate of drug-likeness (QED) is 0.790. The van der Waals surface area contributed by atoms with Gasteiger partial charge in [0.2, 0.25) is 0 Å². The third-order valence-electron chi connectivity index (χ3n) is 5.72. The second-order valence-electron chi connectivity index (χ2n) is 7.80. The number of hydrogen-bond acceptors (Lipinski definition) is 4. The summed E-state index contributed by atoms with van der Waals surface area (Å²) in [4.78, 5) is 17.8. The first-order chi connectivity index (χ1) is 14.0. The van der Waals surface area contributed by atoms with Crippen molar-refractivity contribution in [2.75, 3.05) is 30.9 Å². The number of sulfonamides is 1. The van der Waals surface area contributed by atoms with Gasteiger partial charge in [0.25, 0.3) is 15.9 Å². The highest BCUT2D eigenvalue weighted by atomic mass is 32.2. The van der Waals surface area contributed by atoms with Gasteiger partial charge in [-0.25, -0.2) is 8.42 Å². The fourth-order valence-corrected chi connectivity index (χ4v) is 5.32. The molecular weight excluding hydrogens is 386 g/mol. The lowest BCUT2D eigenvalue weighted by Crippen LogP contribution is -2.42. The van der Waals surface area contributed by atoms with E-state index in [1.54, 1.807) is 54.6 Å². The molecule has 2 fully saturated rings. The number of benzene rings is 2. The van der Waals surface area contributed by atoms with Gasteiger partial charge in [0.15, 0.2) is 0 Å². The van der Waals surface area contributed by atoms with E-state index in [0.717, 1.165) is 39.0 Å². The molecule has 4 rings (SSSR count). The minimum Gasteiger partial charge on any atom is -0.334 e. The van der Waals surface area contributed by atoms with Gasteiger partial charge in [-0.2, -0.15) is 0 Å². The summed E-state index contributed by atoms with van der Waals surface area (Å²) in [6.07, 6.45) is 4.53. The summed E-state index contributed by atoms with van der Waals surface area (Å²) in [5.74, 6) is -0.0209. The molecule has 1 unspecified atom stereocenters.